The van der Waals surface area contributed by atoms with Gasteiger partial charge in [-0.2, -0.15) is 0 Å². The van der Waals surface area contributed by atoms with Gasteiger partial charge < -0.3 is 19.5 Å². The van der Waals surface area contributed by atoms with Crippen molar-refractivity contribution in [3.8, 4) is 5.75 Å². The molecule has 0 aliphatic carbocycles. The highest BCUT2D eigenvalue weighted by atomic mass is 35.5. The van der Waals surface area contributed by atoms with Gasteiger partial charge in [0.15, 0.2) is 0 Å². The monoisotopic (exact) mass is 459 g/mol. The lowest BCUT2D eigenvalue weighted by Crippen LogP contribution is -2.29. The van der Waals surface area contributed by atoms with Crippen LogP contribution in [0, 0.1) is 0 Å². The topological polar surface area (TPSA) is 91.0 Å². The Balaban J connectivity index is 1.73. The summed E-state index contributed by atoms with van der Waals surface area (Å²) in [6.07, 6.45) is 1.48. The van der Waals surface area contributed by atoms with E-state index < -0.39 is 17.7 Å². The van der Waals surface area contributed by atoms with Crippen LogP contribution >= 0.6 is 11.6 Å². The second-order valence-corrected chi connectivity index (χ2v) is 8.15. The van der Waals surface area contributed by atoms with E-state index in [-0.39, 0.29) is 28.6 Å². The maximum Gasteiger partial charge on any atom is 0.296 e. The van der Waals surface area contributed by atoms with E-state index >= 15 is 0 Å². The molecule has 3 aromatic carbocycles. The number of amides is 1. The molecular weight excluding hydrogens is 442 g/mol. The molecule has 1 amide bonds. The summed E-state index contributed by atoms with van der Waals surface area (Å²) < 4.78 is 5.39. The Morgan fingerprint density at radius 3 is 2.55 bits per heavy atom. The summed E-state index contributed by atoms with van der Waals surface area (Å²) in [5, 5.41) is 23.0. The summed E-state index contributed by atoms with van der Waals surface area (Å²) in [4.78, 5) is 27.6. The molecule has 0 saturated carbocycles. The van der Waals surface area contributed by atoms with Gasteiger partial charge >= 0.3 is 0 Å². The van der Waals surface area contributed by atoms with E-state index in [4.69, 9.17) is 16.0 Å². The summed E-state index contributed by atoms with van der Waals surface area (Å²) in [6.45, 7) is 0.0209. The van der Waals surface area contributed by atoms with Gasteiger partial charge in [0.2, 0.25) is 0 Å². The van der Waals surface area contributed by atoms with Crippen molar-refractivity contribution >= 4 is 39.8 Å². The minimum atomic E-state index is -0.924. The molecule has 164 valence electrons. The third-order valence-corrected chi connectivity index (χ3v) is 6.08. The number of aliphatic hydroxyl groups excluding tert-OH is 1. The van der Waals surface area contributed by atoms with Crippen LogP contribution in [0.3, 0.4) is 0 Å². The summed E-state index contributed by atoms with van der Waals surface area (Å²) in [5.41, 5.74) is 0.869. The minimum absolute atomic E-state index is 0.0209. The first-order valence-electron chi connectivity index (χ1n) is 10.2. The number of nitrogens with zero attached hydrogens (tertiary/aromatic N) is 1. The number of carbonyl (C=O) groups is 2. The zero-order chi connectivity index (χ0) is 23.1. The van der Waals surface area contributed by atoms with Crippen molar-refractivity contribution in [2.24, 2.45) is 0 Å². The molecule has 0 bridgehead atoms. The largest absolute Gasteiger partial charge is 0.507 e. The summed E-state index contributed by atoms with van der Waals surface area (Å²) >= 11 is 6.14. The number of Topliss-reactive ketones (excluding diaryl/α,β-unsaturated/α-hetero) is 1. The van der Waals surface area contributed by atoms with Gasteiger partial charge in [0.25, 0.3) is 11.7 Å². The second-order valence-electron chi connectivity index (χ2n) is 7.74. The second kappa shape index (κ2) is 8.15. The first-order chi connectivity index (χ1) is 16.0. The highest BCUT2D eigenvalue weighted by molar-refractivity contribution is 6.46. The lowest BCUT2D eigenvalue weighted by molar-refractivity contribution is -0.140. The van der Waals surface area contributed by atoms with Gasteiger partial charge in [-0.15, -0.1) is 0 Å². The average molecular weight is 460 g/mol. The molecular formula is C26H18ClNO5. The zero-order valence-corrected chi connectivity index (χ0v) is 18.0. The molecule has 33 heavy (non-hydrogen) atoms. The third-order valence-electron chi connectivity index (χ3n) is 5.78. The molecule has 1 fully saturated rings. The number of phenolic OH excluding ortho intramolecular Hbond substituents is 1. The van der Waals surface area contributed by atoms with E-state index in [0.717, 1.165) is 10.8 Å². The van der Waals surface area contributed by atoms with Crippen LogP contribution in [0.15, 0.2) is 89.0 Å². The molecule has 0 spiro atoms. The van der Waals surface area contributed by atoms with Crippen molar-refractivity contribution in [1.82, 2.24) is 4.90 Å². The quantitative estimate of drug-likeness (QED) is 0.242. The van der Waals surface area contributed by atoms with Crippen LogP contribution in [0.1, 0.15) is 22.9 Å². The molecule has 2 N–H and O–H groups in total. The maximum atomic E-state index is 13.2. The van der Waals surface area contributed by atoms with Crippen LogP contribution in [0.5, 0.6) is 5.75 Å². The third kappa shape index (κ3) is 3.54. The van der Waals surface area contributed by atoms with Gasteiger partial charge in [0, 0.05) is 5.56 Å². The van der Waals surface area contributed by atoms with Crippen LogP contribution in [0.25, 0.3) is 16.5 Å². The van der Waals surface area contributed by atoms with E-state index in [9.17, 15) is 19.8 Å². The van der Waals surface area contributed by atoms with Gasteiger partial charge in [0.05, 0.1) is 29.4 Å². The number of carbonyl (C=O) groups excluding carboxylic acids is 2. The average Bonchev–Trinajstić information content (AvgIpc) is 3.42. The van der Waals surface area contributed by atoms with Crippen LogP contribution < -0.4 is 0 Å². The standard InChI is InChI=1S/C26H18ClNO5/c27-20-13-16(10-11-21(20)29)23-22(25(31)26(32)28(23)14-17-7-4-12-33-17)24(30)19-9-3-6-15-5-1-2-8-18(15)19/h1-13,23,29-30H,14H2/b24-22-. The number of hydrogen-bond acceptors (Lipinski definition) is 5. The maximum absolute atomic E-state index is 13.2. The summed E-state index contributed by atoms with van der Waals surface area (Å²) in [5.74, 6) is -1.49. The van der Waals surface area contributed by atoms with Crippen molar-refractivity contribution in [1.29, 1.82) is 0 Å². The van der Waals surface area contributed by atoms with Crippen LogP contribution in [-0.2, 0) is 16.1 Å². The number of aliphatic hydroxyl groups is 1. The highest BCUT2D eigenvalue weighted by Crippen LogP contribution is 2.42. The Hall–Kier alpha value is -4.03. The molecule has 4 aromatic rings. The molecule has 1 aromatic heterocycles. The van der Waals surface area contributed by atoms with Crippen molar-refractivity contribution in [3.05, 3.63) is 107 Å². The van der Waals surface area contributed by atoms with Gasteiger partial charge in [-0.05, 0) is 40.6 Å². The Morgan fingerprint density at radius 1 is 1.00 bits per heavy atom. The molecule has 2 heterocycles. The Morgan fingerprint density at radius 2 is 1.79 bits per heavy atom. The number of fused-ring (bicyclic) bond motifs is 1. The minimum Gasteiger partial charge on any atom is -0.507 e. The van der Waals surface area contributed by atoms with Gasteiger partial charge in [-0.1, -0.05) is 60.1 Å². The zero-order valence-electron chi connectivity index (χ0n) is 17.2. The fraction of sp³-hybridized carbons (Fsp3) is 0.0769. The number of furan rings is 1. The molecule has 1 aliphatic heterocycles. The molecule has 1 aliphatic rings. The van der Waals surface area contributed by atoms with Gasteiger partial charge in [0.1, 0.15) is 17.3 Å². The number of aromatic hydroxyl groups is 1. The SMILES string of the molecule is O=C1C(=O)N(Cc2ccco2)C(c2ccc(O)c(Cl)c2)/C1=C(/O)c1cccc2ccccc12. The summed E-state index contributed by atoms with van der Waals surface area (Å²) in [6, 6.07) is 19.8. The first-order valence-corrected chi connectivity index (χ1v) is 10.6. The van der Waals surface area contributed by atoms with E-state index in [1.165, 1.54) is 23.3 Å². The number of halogens is 1. The normalized spacial score (nSPS) is 17.7. The highest BCUT2D eigenvalue weighted by Gasteiger charge is 2.46. The van der Waals surface area contributed by atoms with Crippen molar-refractivity contribution in [3.63, 3.8) is 0 Å². The molecule has 1 unspecified atom stereocenters. The fourth-order valence-corrected chi connectivity index (χ4v) is 4.42. The molecule has 0 radical (unpaired) electrons. The van der Waals surface area contributed by atoms with Crippen LogP contribution in [0.2, 0.25) is 5.02 Å². The molecule has 1 atom stereocenters. The fourth-order valence-electron chi connectivity index (χ4n) is 4.23. The van der Waals surface area contributed by atoms with E-state index in [2.05, 4.69) is 0 Å². The van der Waals surface area contributed by atoms with E-state index in [1.54, 1.807) is 30.3 Å². The van der Waals surface area contributed by atoms with Crippen LogP contribution in [-0.4, -0.2) is 26.8 Å². The van der Waals surface area contributed by atoms with Gasteiger partial charge in [-0.25, -0.2) is 0 Å². The van der Waals surface area contributed by atoms with Crippen LogP contribution in [0.4, 0.5) is 0 Å². The first kappa shape index (κ1) is 20.8. The number of likely N-dealkylation sites (tertiary alicyclic amines) is 1. The lowest BCUT2D eigenvalue weighted by atomic mass is 9.93. The van der Waals surface area contributed by atoms with Crippen molar-refractivity contribution in [2.45, 2.75) is 12.6 Å². The number of phenols is 1. The number of hydrogen-bond donors (Lipinski definition) is 2. The van der Waals surface area contributed by atoms with Crippen molar-refractivity contribution in [2.75, 3.05) is 0 Å². The molecule has 1 saturated heterocycles. The number of benzene rings is 3. The molecule has 5 rings (SSSR count). The Kier molecular flexibility index (Phi) is 5.15. The predicted octanol–water partition coefficient (Wildman–Crippen LogP) is 5.41. The van der Waals surface area contributed by atoms with Crippen molar-refractivity contribution < 1.29 is 24.2 Å². The summed E-state index contributed by atoms with van der Waals surface area (Å²) in [7, 11) is 0. The van der Waals surface area contributed by atoms with E-state index in [0.29, 0.717) is 16.9 Å². The molecule has 7 heteroatoms. The number of ketones is 1. The number of rotatable bonds is 4. The Labute approximate surface area is 193 Å². The Bertz CT molecular complexity index is 1420. The van der Waals surface area contributed by atoms with Gasteiger partial charge in [-0.3, -0.25) is 9.59 Å². The smallest absolute Gasteiger partial charge is 0.296 e. The lowest BCUT2D eigenvalue weighted by Gasteiger charge is -2.25. The predicted molar refractivity (Wildman–Crippen MR) is 124 cm³/mol. The van der Waals surface area contributed by atoms with E-state index in [1.807, 2.05) is 30.3 Å². The molecule has 6 nitrogen and oxygen atoms in total.